The highest BCUT2D eigenvalue weighted by molar-refractivity contribution is 5.66. The molecule has 0 aromatic heterocycles. The number of likely N-dealkylation sites (tertiary alicyclic amines) is 1. The third-order valence-electron chi connectivity index (χ3n) is 5.07. The lowest BCUT2D eigenvalue weighted by Gasteiger charge is -2.43. The summed E-state index contributed by atoms with van der Waals surface area (Å²) in [5.41, 5.74) is 1.46. The smallest absolute Gasteiger partial charge is 0.303 e. The minimum absolute atomic E-state index is 0.330. The van der Waals surface area contributed by atoms with Gasteiger partial charge >= 0.3 is 5.97 Å². The zero-order valence-electron chi connectivity index (χ0n) is 11.9. The van der Waals surface area contributed by atoms with E-state index in [1.807, 2.05) is 0 Å². The summed E-state index contributed by atoms with van der Waals surface area (Å²) in [6.07, 6.45) is 4.89. The molecule has 3 atom stereocenters. The van der Waals surface area contributed by atoms with Crippen molar-refractivity contribution >= 4 is 5.97 Å². The minimum atomic E-state index is -0.653. The molecular formula is C17H23NO2. The monoisotopic (exact) mass is 273 g/mol. The quantitative estimate of drug-likeness (QED) is 0.896. The van der Waals surface area contributed by atoms with Crippen LogP contribution < -0.4 is 0 Å². The van der Waals surface area contributed by atoms with Gasteiger partial charge in [-0.3, -0.25) is 9.69 Å². The van der Waals surface area contributed by atoms with Gasteiger partial charge in [0.05, 0.1) is 0 Å². The number of nitrogens with zero attached hydrogens (tertiary/aromatic N) is 1. The van der Waals surface area contributed by atoms with E-state index in [0.717, 1.165) is 13.0 Å². The van der Waals surface area contributed by atoms with E-state index in [2.05, 4.69) is 35.2 Å². The molecule has 108 valence electrons. The summed E-state index contributed by atoms with van der Waals surface area (Å²) in [7, 11) is 0. The van der Waals surface area contributed by atoms with E-state index in [1.165, 1.54) is 31.4 Å². The van der Waals surface area contributed by atoms with Crippen molar-refractivity contribution in [2.75, 3.05) is 13.1 Å². The van der Waals surface area contributed by atoms with E-state index in [1.54, 1.807) is 0 Å². The summed E-state index contributed by atoms with van der Waals surface area (Å²) in [5, 5.41) is 8.81. The van der Waals surface area contributed by atoms with Crippen LogP contribution >= 0.6 is 0 Å². The lowest BCUT2D eigenvalue weighted by Crippen LogP contribution is -2.46. The van der Waals surface area contributed by atoms with Gasteiger partial charge in [0.2, 0.25) is 0 Å². The molecule has 1 aromatic rings. The highest BCUT2D eigenvalue weighted by Crippen LogP contribution is 2.39. The standard InChI is InChI=1S/C17H23NO2/c19-17(20)9-7-14-6-8-16(14)18-11-10-15(12-18)13-4-2-1-3-5-13/h1-5,14-16H,6-12H2,(H,19,20)/t14?,15-,16?/m1/s1. The number of carbonyl (C=O) groups is 1. The van der Waals surface area contributed by atoms with Crippen LogP contribution in [0.15, 0.2) is 30.3 Å². The van der Waals surface area contributed by atoms with Crippen LogP contribution in [-0.4, -0.2) is 35.1 Å². The molecule has 1 heterocycles. The summed E-state index contributed by atoms with van der Waals surface area (Å²) in [6, 6.07) is 11.4. The molecular weight excluding hydrogens is 250 g/mol. The summed E-state index contributed by atoms with van der Waals surface area (Å²) in [6.45, 7) is 2.33. The molecule has 0 spiro atoms. The summed E-state index contributed by atoms with van der Waals surface area (Å²) < 4.78 is 0. The van der Waals surface area contributed by atoms with E-state index in [4.69, 9.17) is 5.11 Å². The maximum absolute atomic E-state index is 10.7. The van der Waals surface area contributed by atoms with Crippen LogP contribution in [0, 0.1) is 5.92 Å². The Bertz CT molecular complexity index is 459. The normalized spacial score (nSPS) is 30.1. The third-order valence-corrected chi connectivity index (χ3v) is 5.07. The molecule has 1 N–H and O–H groups in total. The third kappa shape index (κ3) is 2.88. The van der Waals surface area contributed by atoms with Gasteiger partial charge in [-0.25, -0.2) is 0 Å². The van der Waals surface area contributed by atoms with Gasteiger partial charge < -0.3 is 5.11 Å². The molecule has 0 bridgehead atoms. The number of rotatable bonds is 5. The molecule has 1 aromatic carbocycles. The molecule has 0 amide bonds. The van der Waals surface area contributed by atoms with Crippen LogP contribution in [0.5, 0.6) is 0 Å². The summed E-state index contributed by atoms with van der Waals surface area (Å²) >= 11 is 0. The second kappa shape index (κ2) is 5.96. The lowest BCUT2D eigenvalue weighted by molar-refractivity contribution is -0.137. The Hall–Kier alpha value is -1.35. The fourth-order valence-corrected chi connectivity index (χ4v) is 3.76. The van der Waals surface area contributed by atoms with Crippen LogP contribution in [0.3, 0.4) is 0 Å². The molecule has 1 saturated carbocycles. The van der Waals surface area contributed by atoms with E-state index >= 15 is 0 Å². The second-order valence-electron chi connectivity index (χ2n) is 6.23. The molecule has 1 aliphatic carbocycles. The van der Waals surface area contributed by atoms with Crippen LogP contribution in [0.2, 0.25) is 0 Å². The Labute approximate surface area is 120 Å². The van der Waals surface area contributed by atoms with Gasteiger partial charge in [-0.1, -0.05) is 30.3 Å². The molecule has 1 saturated heterocycles. The van der Waals surface area contributed by atoms with E-state index in [-0.39, 0.29) is 0 Å². The number of hydrogen-bond donors (Lipinski definition) is 1. The molecule has 3 nitrogen and oxygen atoms in total. The highest BCUT2D eigenvalue weighted by Gasteiger charge is 2.38. The Morgan fingerprint density at radius 2 is 2.00 bits per heavy atom. The fourth-order valence-electron chi connectivity index (χ4n) is 3.76. The summed E-state index contributed by atoms with van der Waals surface area (Å²) in [5.74, 6) is 0.622. The molecule has 3 heteroatoms. The van der Waals surface area contributed by atoms with Gasteiger partial charge in [0.25, 0.3) is 0 Å². The number of aliphatic carboxylic acids is 1. The predicted octanol–water partition coefficient (Wildman–Crippen LogP) is 3.12. The Balaban J connectivity index is 1.54. The van der Waals surface area contributed by atoms with E-state index in [0.29, 0.717) is 24.3 Å². The molecule has 20 heavy (non-hydrogen) atoms. The first-order valence-electron chi connectivity index (χ1n) is 7.75. The van der Waals surface area contributed by atoms with E-state index < -0.39 is 5.97 Å². The van der Waals surface area contributed by atoms with Crippen molar-refractivity contribution in [3.8, 4) is 0 Å². The Morgan fingerprint density at radius 1 is 1.20 bits per heavy atom. The van der Waals surface area contributed by atoms with Crippen LogP contribution in [0.1, 0.15) is 43.6 Å². The Kier molecular flexibility index (Phi) is 4.06. The van der Waals surface area contributed by atoms with Crippen molar-refractivity contribution in [2.24, 2.45) is 5.92 Å². The van der Waals surface area contributed by atoms with Crippen molar-refractivity contribution < 1.29 is 9.90 Å². The predicted molar refractivity (Wildman–Crippen MR) is 78.8 cm³/mol. The molecule has 2 aliphatic rings. The molecule has 1 aliphatic heterocycles. The van der Waals surface area contributed by atoms with Crippen molar-refractivity contribution in [1.29, 1.82) is 0 Å². The van der Waals surface area contributed by atoms with Crippen LogP contribution in [0.4, 0.5) is 0 Å². The number of carboxylic acid groups (broad SMARTS) is 1. The van der Waals surface area contributed by atoms with Gasteiger partial charge in [0.1, 0.15) is 0 Å². The number of benzene rings is 1. The molecule has 3 rings (SSSR count). The number of carboxylic acids is 1. The maximum atomic E-state index is 10.7. The summed E-state index contributed by atoms with van der Waals surface area (Å²) in [4.78, 5) is 13.3. The van der Waals surface area contributed by atoms with Crippen molar-refractivity contribution in [3.63, 3.8) is 0 Å². The minimum Gasteiger partial charge on any atom is -0.481 e. The SMILES string of the molecule is O=C(O)CCC1CCC1N1CC[C@@H](c2ccccc2)C1. The fraction of sp³-hybridized carbons (Fsp3) is 0.588. The van der Waals surface area contributed by atoms with Gasteiger partial charge in [-0.15, -0.1) is 0 Å². The lowest BCUT2D eigenvalue weighted by atomic mass is 9.76. The molecule has 2 unspecified atom stereocenters. The van der Waals surface area contributed by atoms with Crippen LogP contribution in [-0.2, 0) is 4.79 Å². The first kappa shape index (κ1) is 13.6. The van der Waals surface area contributed by atoms with Crippen molar-refractivity contribution in [2.45, 2.75) is 44.1 Å². The van der Waals surface area contributed by atoms with E-state index in [9.17, 15) is 4.79 Å². The van der Waals surface area contributed by atoms with Gasteiger partial charge in [-0.2, -0.15) is 0 Å². The van der Waals surface area contributed by atoms with Gasteiger partial charge in [0, 0.05) is 19.0 Å². The average molecular weight is 273 g/mol. The molecule has 2 fully saturated rings. The van der Waals surface area contributed by atoms with Gasteiger partial charge in [0.15, 0.2) is 0 Å². The Morgan fingerprint density at radius 3 is 2.65 bits per heavy atom. The molecule has 0 radical (unpaired) electrons. The first-order valence-corrected chi connectivity index (χ1v) is 7.75. The largest absolute Gasteiger partial charge is 0.481 e. The zero-order valence-corrected chi connectivity index (χ0v) is 11.9. The maximum Gasteiger partial charge on any atom is 0.303 e. The topological polar surface area (TPSA) is 40.5 Å². The van der Waals surface area contributed by atoms with Crippen molar-refractivity contribution in [1.82, 2.24) is 4.90 Å². The highest BCUT2D eigenvalue weighted by atomic mass is 16.4. The van der Waals surface area contributed by atoms with Gasteiger partial charge in [-0.05, 0) is 49.6 Å². The zero-order chi connectivity index (χ0) is 13.9. The second-order valence-corrected chi connectivity index (χ2v) is 6.23. The average Bonchev–Trinajstić information content (AvgIpc) is 2.87. The van der Waals surface area contributed by atoms with Crippen molar-refractivity contribution in [3.05, 3.63) is 35.9 Å². The van der Waals surface area contributed by atoms with Crippen LogP contribution in [0.25, 0.3) is 0 Å². The first-order chi connectivity index (χ1) is 9.74. The number of hydrogen-bond acceptors (Lipinski definition) is 2.